The number of halogens is 2. The lowest BCUT2D eigenvalue weighted by Crippen LogP contribution is -2.24. The Morgan fingerprint density at radius 2 is 2.07 bits per heavy atom. The summed E-state index contributed by atoms with van der Waals surface area (Å²) in [5.41, 5.74) is 1.88. The molecule has 9 nitrogen and oxygen atoms in total. The van der Waals surface area contributed by atoms with Crippen LogP contribution in [0.2, 0.25) is 10.0 Å². The third-order valence-electron chi connectivity index (χ3n) is 3.15. The summed E-state index contributed by atoms with van der Waals surface area (Å²) in [4.78, 5) is 21.9. The number of carbonyl (C=O) groups excluding carboxylic acids is 1. The van der Waals surface area contributed by atoms with E-state index in [1.54, 1.807) is 6.07 Å². The highest BCUT2D eigenvalue weighted by Gasteiger charge is 2.19. The lowest BCUT2D eigenvalue weighted by molar-refractivity contribution is -0.386. The smallest absolute Gasteiger partial charge is 0.315 e. The standard InChI is InChI=1S/C16H13Cl2N3O6/c1-26-14-5-9(4-12(16(14)23)21(24)25)7-19-20-15(22)8-27-13-3-2-10(17)6-11(13)18/h2-7,23H,8H2,1H3,(H,20,22). The lowest BCUT2D eigenvalue weighted by atomic mass is 10.2. The Labute approximate surface area is 163 Å². The number of benzene rings is 2. The molecule has 0 atom stereocenters. The van der Waals surface area contributed by atoms with Gasteiger partial charge in [0.05, 0.1) is 23.3 Å². The van der Waals surface area contributed by atoms with E-state index < -0.39 is 22.3 Å². The number of amides is 1. The molecule has 0 spiro atoms. The van der Waals surface area contributed by atoms with Crippen molar-refractivity contribution in [1.82, 2.24) is 5.43 Å². The van der Waals surface area contributed by atoms with Crippen LogP contribution in [0.1, 0.15) is 5.56 Å². The Kier molecular flexibility index (Phi) is 6.80. The van der Waals surface area contributed by atoms with Crippen LogP contribution in [0.4, 0.5) is 5.69 Å². The van der Waals surface area contributed by atoms with Crippen molar-refractivity contribution in [3.63, 3.8) is 0 Å². The normalized spacial score (nSPS) is 10.6. The number of nitrogens with zero attached hydrogens (tertiary/aromatic N) is 2. The Morgan fingerprint density at radius 1 is 1.33 bits per heavy atom. The molecule has 2 aromatic carbocycles. The van der Waals surface area contributed by atoms with Gasteiger partial charge in [0.15, 0.2) is 12.4 Å². The van der Waals surface area contributed by atoms with Crippen LogP contribution in [0.15, 0.2) is 35.4 Å². The first-order valence-corrected chi connectivity index (χ1v) is 8.02. The van der Waals surface area contributed by atoms with Crippen LogP contribution in [0.3, 0.4) is 0 Å². The molecular formula is C16H13Cl2N3O6. The molecule has 0 saturated carbocycles. The second-order valence-corrected chi connectivity index (χ2v) is 5.85. The van der Waals surface area contributed by atoms with E-state index in [-0.39, 0.29) is 28.7 Å². The summed E-state index contributed by atoms with van der Waals surface area (Å²) in [5.74, 6) is -1.01. The number of hydrogen-bond donors (Lipinski definition) is 2. The maximum Gasteiger partial charge on any atom is 0.315 e. The zero-order valence-corrected chi connectivity index (χ0v) is 15.3. The van der Waals surface area contributed by atoms with Crippen molar-refractivity contribution in [3.05, 3.63) is 56.1 Å². The number of aromatic hydroxyl groups is 1. The molecule has 0 aromatic heterocycles. The molecule has 11 heteroatoms. The molecule has 0 heterocycles. The second-order valence-electron chi connectivity index (χ2n) is 5.00. The summed E-state index contributed by atoms with van der Waals surface area (Å²) in [6.07, 6.45) is 1.15. The summed E-state index contributed by atoms with van der Waals surface area (Å²) < 4.78 is 10.1. The summed E-state index contributed by atoms with van der Waals surface area (Å²) in [6, 6.07) is 6.95. The van der Waals surface area contributed by atoms with Crippen LogP contribution in [-0.4, -0.2) is 35.9 Å². The van der Waals surface area contributed by atoms with Crippen LogP contribution >= 0.6 is 23.2 Å². The van der Waals surface area contributed by atoms with Gasteiger partial charge in [-0.3, -0.25) is 14.9 Å². The molecule has 0 unspecified atom stereocenters. The van der Waals surface area contributed by atoms with E-state index in [9.17, 15) is 20.0 Å². The number of methoxy groups -OCH3 is 1. The third-order valence-corrected chi connectivity index (χ3v) is 3.68. The third kappa shape index (κ3) is 5.47. The van der Waals surface area contributed by atoms with Gasteiger partial charge in [-0.25, -0.2) is 5.43 Å². The van der Waals surface area contributed by atoms with E-state index in [1.165, 1.54) is 25.3 Å². The number of nitro groups is 1. The van der Waals surface area contributed by atoms with Crippen LogP contribution in [0.25, 0.3) is 0 Å². The molecule has 2 aromatic rings. The van der Waals surface area contributed by atoms with Gasteiger partial charge >= 0.3 is 5.69 Å². The fraction of sp³-hybridized carbons (Fsp3) is 0.125. The van der Waals surface area contributed by atoms with Crippen molar-refractivity contribution in [2.24, 2.45) is 5.10 Å². The predicted molar refractivity (Wildman–Crippen MR) is 99.0 cm³/mol. The van der Waals surface area contributed by atoms with E-state index in [4.69, 9.17) is 32.7 Å². The number of hydrazone groups is 1. The zero-order valence-electron chi connectivity index (χ0n) is 13.8. The van der Waals surface area contributed by atoms with Gasteiger partial charge in [-0.2, -0.15) is 5.10 Å². The first-order chi connectivity index (χ1) is 12.8. The zero-order chi connectivity index (χ0) is 20.0. The molecule has 1 amide bonds. The van der Waals surface area contributed by atoms with Crippen molar-refractivity contribution in [3.8, 4) is 17.2 Å². The molecule has 2 rings (SSSR count). The highest BCUT2D eigenvalue weighted by atomic mass is 35.5. The van der Waals surface area contributed by atoms with Gasteiger partial charge in [0.2, 0.25) is 5.75 Å². The van der Waals surface area contributed by atoms with Crippen LogP contribution < -0.4 is 14.9 Å². The Hall–Kier alpha value is -3.04. The van der Waals surface area contributed by atoms with Gasteiger partial charge in [-0.1, -0.05) is 23.2 Å². The van der Waals surface area contributed by atoms with Gasteiger partial charge in [0.25, 0.3) is 5.91 Å². The number of hydrogen-bond acceptors (Lipinski definition) is 7. The molecule has 0 saturated heterocycles. The number of phenols is 1. The van der Waals surface area contributed by atoms with E-state index >= 15 is 0 Å². The first kappa shape index (κ1) is 20.3. The van der Waals surface area contributed by atoms with E-state index in [0.717, 1.165) is 12.3 Å². The second kappa shape index (κ2) is 9.06. The lowest BCUT2D eigenvalue weighted by Gasteiger charge is -2.07. The van der Waals surface area contributed by atoms with E-state index in [0.29, 0.717) is 5.02 Å². The first-order valence-electron chi connectivity index (χ1n) is 7.27. The average molecular weight is 414 g/mol. The molecule has 27 heavy (non-hydrogen) atoms. The van der Waals surface area contributed by atoms with Gasteiger partial charge in [0.1, 0.15) is 5.75 Å². The van der Waals surface area contributed by atoms with Crippen molar-refractivity contribution in [2.75, 3.05) is 13.7 Å². The number of rotatable bonds is 7. The van der Waals surface area contributed by atoms with Gasteiger partial charge in [-0.05, 0) is 24.3 Å². The fourth-order valence-corrected chi connectivity index (χ4v) is 2.39. The number of ether oxygens (including phenoxy) is 2. The topological polar surface area (TPSA) is 123 Å². The van der Waals surface area contributed by atoms with Gasteiger partial charge < -0.3 is 14.6 Å². The molecule has 2 N–H and O–H groups in total. The Bertz CT molecular complexity index is 904. The van der Waals surface area contributed by atoms with E-state index in [2.05, 4.69) is 10.5 Å². The van der Waals surface area contributed by atoms with Crippen LogP contribution in [-0.2, 0) is 4.79 Å². The summed E-state index contributed by atoms with van der Waals surface area (Å²) in [5, 5.41) is 25.0. The summed E-state index contributed by atoms with van der Waals surface area (Å²) in [6.45, 7) is -0.363. The Balaban J connectivity index is 1.99. The minimum Gasteiger partial charge on any atom is -0.500 e. The van der Waals surface area contributed by atoms with Crippen LogP contribution in [0, 0.1) is 10.1 Å². The van der Waals surface area contributed by atoms with Gasteiger partial charge in [-0.15, -0.1) is 0 Å². The van der Waals surface area contributed by atoms with E-state index in [1.807, 2.05) is 0 Å². The maximum absolute atomic E-state index is 11.7. The monoisotopic (exact) mass is 413 g/mol. The molecule has 0 aliphatic rings. The molecule has 142 valence electrons. The van der Waals surface area contributed by atoms with Crippen molar-refractivity contribution in [2.45, 2.75) is 0 Å². The fourth-order valence-electron chi connectivity index (χ4n) is 1.93. The molecule has 0 fully saturated rings. The Morgan fingerprint density at radius 3 is 2.70 bits per heavy atom. The summed E-state index contributed by atoms with van der Waals surface area (Å²) >= 11 is 11.7. The highest BCUT2D eigenvalue weighted by Crippen LogP contribution is 2.36. The van der Waals surface area contributed by atoms with Gasteiger partial charge in [0, 0.05) is 16.7 Å². The molecule has 0 aliphatic heterocycles. The number of nitro benzene ring substituents is 1. The molecule has 0 bridgehead atoms. The highest BCUT2D eigenvalue weighted by molar-refractivity contribution is 6.35. The molecule has 0 radical (unpaired) electrons. The average Bonchev–Trinajstić information content (AvgIpc) is 2.61. The molecule has 0 aliphatic carbocycles. The minimum absolute atomic E-state index is 0.0994. The van der Waals surface area contributed by atoms with Crippen molar-refractivity contribution in [1.29, 1.82) is 0 Å². The van der Waals surface area contributed by atoms with Crippen LogP contribution in [0.5, 0.6) is 17.2 Å². The SMILES string of the molecule is COc1cc(C=NNC(=O)COc2ccc(Cl)cc2Cl)cc([N+](=O)[O-])c1O. The minimum atomic E-state index is -0.766. The number of nitrogens with one attached hydrogen (secondary N) is 1. The van der Waals surface area contributed by atoms with Crippen molar-refractivity contribution < 1.29 is 24.3 Å². The maximum atomic E-state index is 11.7. The van der Waals surface area contributed by atoms with Crippen molar-refractivity contribution >= 4 is 41.0 Å². The largest absolute Gasteiger partial charge is 0.500 e. The number of carbonyl (C=O) groups is 1. The summed E-state index contributed by atoms with van der Waals surface area (Å²) in [7, 11) is 1.25. The predicted octanol–water partition coefficient (Wildman–Crippen LogP) is 3.14. The number of phenolic OH excluding ortho intramolecular Hbond substituents is 1. The quantitative estimate of drug-likeness (QED) is 0.408. The molecular weight excluding hydrogens is 401 g/mol.